The highest BCUT2D eigenvalue weighted by molar-refractivity contribution is 7.65. The lowest BCUT2D eigenvalue weighted by molar-refractivity contribution is 0.602. The van der Waals surface area contributed by atoms with E-state index in [1.54, 1.807) is 0 Å². The minimum Gasteiger partial charge on any atom is -0.308 e. The zero-order valence-corrected chi connectivity index (χ0v) is 6.05. The molecule has 0 aliphatic heterocycles. The van der Waals surface area contributed by atoms with Gasteiger partial charge in [-0.1, -0.05) is 6.92 Å². The average Bonchev–Trinajstić information content (AvgIpc) is 1.83. The first kappa shape index (κ1) is 7.98. The molecule has 2 nitrogen and oxygen atoms in total. The largest absolute Gasteiger partial charge is 0.460 e. The van der Waals surface area contributed by atoms with Gasteiger partial charge in [-0.3, -0.25) is 0 Å². The third-order valence-electron chi connectivity index (χ3n) is 1.01. The molecule has 1 N–H and O–H groups in total. The van der Waals surface area contributed by atoms with E-state index < -0.39 is 0 Å². The summed E-state index contributed by atoms with van der Waals surface area (Å²) in [5.41, 5.74) is 0. The van der Waals surface area contributed by atoms with Gasteiger partial charge in [-0.05, 0) is 13.5 Å². The summed E-state index contributed by atoms with van der Waals surface area (Å²) in [6, 6.07) is 1.12. The van der Waals surface area contributed by atoms with Crippen molar-refractivity contribution in [3.05, 3.63) is 6.04 Å². The molecule has 47 valence electrons. The molecule has 0 aromatic heterocycles. The van der Waals surface area contributed by atoms with Crippen LogP contribution < -0.4 is 5.32 Å². The molecule has 0 aromatic rings. The third kappa shape index (κ3) is 3.04. The Balaban J connectivity index is 3.20. The molecule has 0 atom stereocenters. The summed E-state index contributed by atoms with van der Waals surface area (Å²) in [6.07, 6.45) is 0.950. The fourth-order valence-corrected chi connectivity index (χ4v) is 0.913. The number of rotatable bonds is 4. The Kier molecular flexibility index (Phi) is 5.11. The van der Waals surface area contributed by atoms with E-state index in [9.17, 15) is 4.21 Å². The highest BCUT2D eigenvalue weighted by atomic mass is 32.1. The first-order valence-electron chi connectivity index (χ1n) is 2.62. The van der Waals surface area contributed by atoms with Crippen molar-refractivity contribution in [3.63, 3.8) is 0 Å². The van der Waals surface area contributed by atoms with Crippen molar-refractivity contribution in [1.82, 2.24) is 5.32 Å². The molecule has 0 amide bonds. The zero-order chi connectivity index (χ0) is 6.41. The lowest BCUT2D eigenvalue weighted by Gasteiger charge is -1.99. The van der Waals surface area contributed by atoms with E-state index >= 15 is 0 Å². The number of hydrogen-bond acceptors (Lipinski definition) is 2. The Morgan fingerprint density at radius 3 is 2.50 bits per heavy atom. The molecule has 0 unspecified atom stereocenters. The molecule has 0 aliphatic carbocycles. The first-order chi connectivity index (χ1) is 3.85. The average molecular weight is 133 g/mol. The molecular formula is C5H11NOS+. The van der Waals surface area contributed by atoms with E-state index in [1.807, 2.05) is 14.0 Å². The van der Waals surface area contributed by atoms with E-state index in [0.29, 0.717) is 17.4 Å². The molecular weight excluding hydrogens is 122 g/mol. The van der Waals surface area contributed by atoms with Gasteiger partial charge in [-0.25, -0.2) is 0 Å². The first-order valence-corrected chi connectivity index (χ1v) is 3.53. The second-order valence-corrected chi connectivity index (χ2v) is 1.99. The molecule has 0 bridgehead atoms. The maximum Gasteiger partial charge on any atom is 0.460 e. The molecule has 3 heteroatoms. The van der Waals surface area contributed by atoms with Crippen molar-refractivity contribution in [3.8, 4) is 0 Å². The maximum absolute atomic E-state index is 9.91. The van der Waals surface area contributed by atoms with Crippen LogP contribution in [-0.4, -0.2) is 12.8 Å². The molecule has 0 aliphatic rings. The normalized spacial score (nSPS) is 9.88. The molecule has 0 aromatic carbocycles. The van der Waals surface area contributed by atoms with Gasteiger partial charge in [0.25, 0.3) is 0 Å². The van der Waals surface area contributed by atoms with Gasteiger partial charge in [0.1, 0.15) is 6.04 Å². The van der Waals surface area contributed by atoms with Crippen LogP contribution in [0.2, 0.25) is 0 Å². The minimum atomic E-state index is 0.590. The summed E-state index contributed by atoms with van der Waals surface area (Å²) in [5, 5.41) is 2.95. The van der Waals surface area contributed by atoms with Gasteiger partial charge in [0.05, 0.1) is 0 Å². The van der Waals surface area contributed by atoms with Crippen molar-refractivity contribution < 1.29 is 4.21 Å². The molecule has 0 rings (SSSR count). The Labute approximate surface area is 54.2 Å². The second-order valence-electron chi connectivity index (χ2n) is 1.47. The summed E-state index contributed by atoms with van der Waals surface area (Å²) < 4.78 is 9.91. The van der Waals surface area contributed by atoms with Gasteiger partial charge in [0.15, 0.2) is 0 Å². The summed E-state index contributed by atoms with van der Waals surface area (Å²) in [7, 11) is 1.84. The Bertz CT molecular complexity index is 63.4. The van der Waals surface area contributed by atoms with Crippen molar-refractivity contribution in [1.29, 1.82) is 0 Å². The van der Waals surface area contributed by atoms with Gasteiger partial charge >= 0.3 is 11.7 Å². The third-order valence-corrected chi connectivity index (χ3v) is 1.48. The zero-order valence-electron chi connectivity index (χ0n) is 5.23. The smallest absolute Gasteiger partial charge is 0.308 e. The summed E-state index contributed by atoms with van der Waals surface area (Å²) in [4.78, 5) is 0. The number of hydrogen-bond donors (Lipinski definition) is 1. The quantitative estimate of drug-likeness (QED) is 0.568. The lowest BCUT2D eigenvalue weighted by Crippen LogP contribution is -2.18. The molecule has 0 spiro atoms. The van der Waals surface area contributed by atoms with E-state index in [2.05, 4.69) is 5.32 Å². The fraction of sp³-hybridized carbons (Fsp3) is 0.800. The van der Waals surface area contributed by atoms with E-state index in [0.717, 1.165) is 12.5 Å². The van der Waals surface area contributed by atoms with Gasteiger partial charge in [-0.2, -0.15) is 0 Å². The van der Waals surface area contributed by atoms with Crippen molar-refractivity contribution in [2.24, 2.45) is 0 Å². The molecule has 0 fully saturated rings. The molecule has 1 radical (unpaired) electrons. The van der Waals surface area contributed by atoms with Crippen LogP contribution in [-0.2, 0) is 15.9 Å². The molecule has 0 heterocycles. The highest BCUT2D eigenvalue weighted by Crippen LogP contribution is 1.96. The maximum atomic E-state index is 9.91. The summed E-state index contributed by atoms with van der Waals surface area (Å²) >= 11 is 0.609. The van der Waals surface area contributed by atoms with Crippen LogP contribution in [0.4, 0.5) is 0 Å². The van der Waals surface area contributed by atoms with Crippen LogP contribution in [0.1, 0.15) is 13.3 Å². The van der Waals surface area contributed by atoms with Crippen LogP contribution >= 0.6 is 0 Å². The van der Waals surface area contributed by atoms with Crippen molar-refractivity contribution in [2.45, 2.75) is 13.3 Å². The van der Waals surface area contributed by atoms with Crippen LogP contribution in [0.3, 0.4) is 0 Å². The van der Waals surface area contributed by atoms with Gasteiger partial charge < -0.3 is 5.32 Å². The SMILES string of the molecule is CC[C](C[S+]=O)NC. The van der Waals surface area contributed by atoms with E-state index in [-0.39, 0.29) is 0 Å². The standard InChI is InChI=1S/C5H11NOS/c1-3-5(6-2)4-8-7/h6H,3-4H2,1-2H3/q+1. The van der Waals surface area contributed by atoms with E-state index in [4.69, 9.17) is 0 Å². The summed E-state index contributed by atoms with van der Waals surface area (Å²) in [6.45, 7) is 2.03. The van der Waals surface area contributed by atoms with Gasteiger partial charge in [0.2, 0.25) is 5.75 Å². The predicted octanol–water partition coefficient (Wildman–Crippen LogP) is 0.576. The molecule has 0 saturated heterocycles. The predicted molar refractivity (Wildman–Crippen MR) is 35.5 cm³/mol. The molecule has 0 saturated carbocycles. The van der Waals surface area contributed by atoms with Crippen molar-refractivity contribution in [2.75, 3.05) is 12.8 Å². The van der Waals surface area contributed by atoms with Crippen LogP contribution in [0.25, 0.3) is 0 Å². The monoisotopic (exact) mass is 133 g/mol. The Morgan fingerprint density at radius 2 is 2.38 bits per heavy atom. The Hall–Kier alpha value is -0.0200. The molecule has 8 heavy (non-hydrogen) atoms. The van der Waals surface area contributed by atoms with E-state index in [1.165, 1.54) is 0 Å². The second kappa shape index (κ2) is 5.12. The van der Waals surface area contributed by atoms with Crippen LogP contribution in [0.15, 0.2) is 0 Å². The van der Waals surface area contributed by atoms with Crippen LogP contribution in [0, 0.1) is 6.04 Å². The Morgan fingerprint density at radius 1 is 1.75 bits per heavy atom. The number of nitrogens with one attached hydrogen (secondary N) is 1. The minimum absolute atomic E-state index is 0.590. The van der Waals surface area contributed by atoms with Crippen molar-refractivity contribution >= 4 is 11.7 Å². The van der Waals surface area contributed by atoms with Gasteiger partial charge in [-0.15, -0.1) is 0 Å². The topological polar surface area (TPSA) is 29.1 Å². The highest BCUT2D eigenvalue weighted by Gasteiger charge is 2.10. The summed E-state index contributed by atoms with van der Waals surface area (Å²) in [5.74, 6) is 0.590. The van der Waals surface area contributed by atoms with Gasteiger partial charge in [0, 0.05) is 4.21 Å². The fourth-order valence-electron chi connectivity index (χ4n) is 0.422. The van der Waals surface area contributed by atoms with Crippen LogP contribution in [0.5, 0.6) is 0 Å². The lowest BCUT2D eigenvalue weighted by atomic mass is 10.3.